The monoisotopic (exact) mass is 515 g/mol. The summed E-state index contributed by atoms with van der Waals surface area (Å²) < 4.78 is 11.1. The van der Waals surface area contributed by atoms with Crippen LogP contribution in [0.4, 0.5) is 11.6 Å². The molecule has 1 aliphatic carbocycles. The highest BCUT2D eigenvalue weighted by Crippen LogP contribution is 2.31. The minimum atomic E-state index is -0.0496. The van der Waals surface area contributed by atoms with E-state index in [0.29, 0.717) is 29.1 Å². The molecule has 4 rings (SSSR count). The molecule has 2 fully saturated rings. The summed E-state index contributed by atoms with van der Waals surface area (Å²) >= 11 is 6.57. The Kier molecular flexibility index (Phi) is 9.45. The number of nitrogens with zero attached hydrogens (tertiary/aromatic N) is 2. The van der Waals surface area contributed by atoms with Crippen molar-refractivity contribution in [2.24, 2.45) is 5.92 Å². The number of halogens is 1. The van der Waals surface area contributed by atoms with Crippen LogP contribution < -0.4 is 16.0 Å². The molecule has 0 spiro atoms. The zero-order valence-corrected chi connectivity index (χ0v) is 22.9. The van der Waals surface area contributed by atoms with Gasteiger partial charge in [0.05, 0.1) is 22.9 Å². The third kappa shape index (κ3) is 7.78. The van der Waals surface area contributed by atoms with Crippen molar-refractivity contribution in [2.45, 2.75) is 83.0 Å². The lowest BCUT2D eigenvalue weighted by molar-refractivity contribution is -0.0699. The summed E-state index contributed by atoms with van der Waals surface area (Å²) in [6, 6.07) is 9.42. The molecule has 0 amide bonds. The lowest BCUT2D eigenvalue weighted by Crippen LogP contribution is -2.42. The molecule has 7 nitrogen and oxygen atoms in total. The SMILES string of the molecule is COC[C@@H](C)N[C@H]1CC[C@H](Nc2cc(-c3cccc(NCC4CCOC(C)(C)C4)n3)c(Cl)cn2)CC1. The van der Waals surface area contributed by atoms with Gasteiger partial charge in [-0.3, -0.25) is 0 Å². The highest BCUT2D eigenvalue weighted by atomic mass is 35.5. The summed E-state index contributed by atoms with van der Waals surface area (Å²) in [5.41, 5.74) is 1.70. The van der Waals surface area contributed by atoms with Crippen LogP contribution in [0.1, 0.15) is 59.3 Å². The van der Waals surface area contributed by atoms with E-state index >= 15 is 0 Å². The fourth-order valence-electron chi connectivity index (χ4n) is 5.49. The molecule has 1 saturated carbocycles. The quantitative estimate of drug-likeness (QED) is 0.371. The molecule has 2 aliphatic rings. The van der Waals surface area contributed by atoms with Gasteiger partial charge in [-0.25, -0.2) is 9.97 Å². The van der Waals surface area contributed by atoms with Gasteiger partial charge in [0, 0.05) is 50.1 Å². The van der Waals surface area contributed by atoms with Gasteiger partial charge >= 0.3 is 0 Å². The Bertz CT molecular complexity index is 980. The van der Waals surface area contributed by atoms with Crippen LogP contribution in [-0.4, -0.2) is 60.6 Å². The normalized spacial score (nSPS) is 24.8. The van der Waals surface area contributed by atoms with Crippen LogP contribution in [0.15, 0.2) is 30.5 Å². The topological polar surface area (TPSA) is 80.3 Å². The van der Waals surface area contributed by atoms with Gasteiger partial charge in [-0.2, -0.15) is 0 Å². The molecule has 3 N–H and O–H groups in total. The Morgan fingerprint density at radius 3 is 2.67 bits per heavy atom. The standard InChI is InChI=1S/C28H42ClN5O2/c1-19(18-35-4)32-21-8-10-22(11-9-21)33-27-14-23(24(29)17-31-27)25-6-5-7-26(34-25)30-16-20-12-13-36-28(2,3)15-20/h5-7,14,17,19-22,32H,8-13,15-16,18H2,1-4H3,(H,30,34)(H,31,33)/t19-,20?,21-,22-/m1/s1. The van der Waals surface area contributed by atoms with Gasteiger partial charge in [0.1, 0.15) is 11.6 Å². The van der Waals surface area contributed by atoms with E-state index in [1.807, 2.05) is 24.3 Å². The molecular weight excluding hydrogens is 474 g/mol. The van der Waals surface area contributed by atoms with Crippen molar-refractivity contribution < 1.29 is 9.47 Å². The molecule has 1 aliphatic heterocycles. The van der Waals surface area contributed by atoms with Gasteiger partial charge < -0.3 is 25.4 Å². The van der Waals surface area contributed by atoms with E-state index in [1.165, 1.54) is 0 Å². The van der Waals surface area contributed by atoms with Crippen LogP contribution in [0.5, 0.6) is 0 Å². The second-order valence-electron chi connectivity index (χ2n) is 11.0. The second kappa shape index (κ2) is 12.5. The van der Waals surface area contributed by atoms with Gasteiger partial charge in [0.15, 0.2) is 0 Å². The fraction of sp³-hybridized carbons (Fsp3) is 0.643. The Morgan fingerprint density at radius 1 is 1.14 bits per heavy atom. The van der Waals surface area contributed by atoms with Crippen LogP contribution in [0.25, 0.3) is 11.3 Å². The molecule has 2 aromatic heterocycles. The highest BCUT2D eigenvalue weighted by Gasteiger charge is 2.28. The zero-order chi connectivity index (χ0) is 25.5. The number of aromatic nitrogens is 2. The summed E-state index contributed by atoms with van der Waals surface area (Å²) in [6.45, 7) is 8.97. The summed E-state index contributed by atoms with van der Waals surface area (Å²) in [6.07, 6.45) is 8.36. The maximum absolute atomic E-state index is 6.57. The number of methoxy groups -OCH3 is 1. The molecule has 8 heteroatoms. The molecule has 0 radical (unpaired) electrons. The largest absolute Gasteiger partial charge is 0.383 e. The van der Waals surface area contributed by atoms with E-state index in [0.717, 1.165) is 81.2 Å². The van der Waals surface area contributed by atoms with Crippen molar-refractivity contribution in [3.63, 3.8) is 0 Å². The van der Waals surface area contributed by atoms with Crippen molar-refractivity contribution in [3.8, 4) is 11.3 Å². The third-order valence-corrected chi connectivity index (χ3v) is 7.57. The van der Waals surface area contributed by atoms with E-state index in [9.17, 15) is 0 Å². The van der Waals surface area contributed by atoms with Crippen LogP contribution in [0.2, 0.25) is 5.02 Å². The summed E-state index contributed by atoms with van der Waals surface area (Å²) in [7, 11) is 1.75. The Hall–Kier alpha value is -1.93. The lowest BCUT2D eigenvalue weighted by atomic mass is 9.88. The minimum absolute atomic E-state index is 0.0496. The molecule has 3 heterocycles. The molecule has 2 aromatic rings. The van der Waals surface area contributed by atoms with Gasteiger partial charge in [-0.05, 0) is 83.4 Å². The van der Waals surface area contributed by atoms with Gasteiger partial charge in [0.25, 0.3) is 0 Å². The van der Waals surface area contributed by atoms with E-state index < -0.39 is 0 Å². The summed E-state index contributed by atoms with van der Waals surface area (Å²) in [5.74, 6) is 2.30. The number of rotatable bonds is 10. The molecule has 0 bridgehead atoms. The number of pyridine rings is 2. The lowest BCUT2D eigenvalue weighted by Gasteiger charge is -2.35. The first-order chi connectivity index (χ1) is 17.3. The molecule has 1 saturated heterocycles. The molecule has 0 aromatic carbocycles. The zero-order valence-electron chi connectivity index (χ0n) is 22.1. The maximum atomic E-state index is 6.57. The van der Waals surface area contributed by atoms with E-state index in [-0.39, 0.29) is 5.60 Å². The minimum Gasteiger partial charge on any atom is -0.383 e. The predicted molar refractivity (Wildman–Crippen MR) is 148 cm³/mol. The summed E-state index contributed by atoms with van der Waals surface area (Å²) in [5, 5.41) is 11.4. The Labute approximate surface area is 221 Å². The fourth-order valence-corrected chi connectivity index (χ4v) is 5.69. The average molecular weight is 516 g/mol. The van der Waals surface area contributed by atoms with Crippen molar-refractivity contribution in [1.82, 2.24) is 15.3 Å². The van der Waals surface area contributed by atoms with Crippen LogP contribution in [0, 0.1) is 5.92 Å². The van der Waals surface area contributed by atoms with E-state index in [1.54, 1.807) is 13.3 Å². The number of hydrogen-bond acceptors (Lipinski definition) is 7. The van der Waals surface area contributed by atoms with Crippen LogP contribution in [0.3, 0.4) is 0 Å². The van der Waals surface area contributed by atoms with E-state index in [4.69, 9.17) is 26.1 Å². The highest BCUT2D eigenvalue weighted by molar-refractivity contribution is 6.33. The second-order valence-corrected chi connectivity index (χ2v) is 11.4. The first-order valence-corrected chi connectivity index (χ1v) is 13.7. The van der Waals surface area contributed by atoms with Gasteiger partial charge in [0.2, 0.25) is 0 Å². The van der Waals surface area contributed by atoms with Crippen molar-refractivity contribution in [1.29, 1.82) is 0 Å². The maximum Gasteiger partial charge on any atom is 0.126 e. The molecule has 36 heavy (non-hydrogen) atoms. The van der Waals surface area contributed by atoms with Gasteiger partial charge in [-0.15, -0.1) is 0 Å². The first kappa shape index (κ1) is 27.1. The molecule has 198 valence electrons. The van der Waals surface area contributed by atoms with Crippen molar-refractivity contribution in [2.75, 3.05) is 37.5 Å². The predicted octanol–water partition coefficient (Wildman–Crippen LogP) is 5.76. The molecular formula is C28H42ClN5O2. The molecule has 1 unspecified atom stereocenters. The molecule has 2 atom stereocenters. The summed E-state index contributed by atoms with van der Waals surface area (Å²) in [4.78, 5) is 9.42. The van der Waals surface area contributed by atoms with Crippen molar-refractivity contribution >= 4 is 23.2 Å². The Morgan fingerprint density at radius 2 is 1.92 bits per heavy atom. The third-order valence-electron chi connectivity index (χ3n) is 7.27. The smallest absolute Gasteiger partial charge is 0.126 e. The first-order valence-electron chi connectivity index (χ1n) is 13.3. The average Bonchev–Trinajstić information content (AvgIpc) is 2.85. The van der Waals surface area contributed by atoms with E-state index in [2.05, 4.69) is 41.7 Å². The van der Waals surface area contributed by atoms with Crippen LogP contribution >= 0.6 is 11.6 Å². The Balaban J connectivity index is 1.34. The van der Waals surface area contributed by atoms with Crippen LogP contribution in [-0.2, 0) is 9.47 Å². The number of nitrogens with one attached hydrogen (secondary N) is 3. The number of hydrogen-bond donors (Lipinski definition) is 3. The van der Waals surface area contributed by atoms with Gasteiger partial charge in [-0.1, -0.05) is 17.7 Å². The number of anilines is 2. The number of ether oxygens (including phenoxy) is 2. The van der Waals surface area contributed by atoms with Crippen molar-refractivity contribution in [3.05, 3.63) is 35.5 Å².